The first-order valence-electron chi connectivity index (χ1n) is 4.46. The van der Waals surface area contributed by atoms with Gasteiger partial charge in [0.1, 0.15) is 5.75 Å². The minimum absolute atomic E-state index is 0.255. The van der Waals surface area contributed by atoms with E-state index >= 15 is 0 Å². The van der Waals surface area contributed by atoms with Crippen molar-refractivity contribution in [2.45, 2.75) is 17.6 Å². The van der Waals surface area contributed by atoms with Crippen LogP contribution in [0.15, 0.2) is 35.8 Å². The molecule has 0 bridgehead atoms. The molecule has 1 aliphatic carbocycles. The maximum Gasteiger partial charge on any atom is 0.210 e. The molecule has 0 amide bonds. The summed E-state index contributed by atoms with van der Waals surface area (Å²) < 4.78 is 17.1. The largest absolute Gasteiger partial charge is 0.615 e. The normalized spacial score (nSPS) is 40.5. The summed E-state index contributed by atoms with van der Waals surface area (Å²) in [6, 6.07) is 0. The highest BCUT2D eigenvalue weighted by Crippen LogP contribution is 2.51. The molecule has 2 aliphatic heterocycles. The molecule has 3 heteroatoms. The SMILES string of the molecule is [O-][S+]1CCC2=COC3=CC=CCC231. The van der Waals surface area contributed by atoms with Crippen molar-refractivity contribution >= 4 is 11.2 Å². The van der Waals surface area contributed by atoms with E-state index in [1.807, 2.05) is 12.2 Å². The fraction of sp³-hybridized carbons (Fsp3) is 0.400. The number of hydrogen-bond donors (Lipinski definition) is 0. The van der Waals surface area contributed by atoms with Crippen LogP contribution in [0.5, 0.6) is 0 Å². The van der Waals surface area contributed by atoms with E-state index < -0.39 is 11.2 Å². The van der Waals surface area contributed by atoms with Gasteiger partial charge in [-0.25, -0.2) is 0 Å². The van der Waals surface area contributed by atoms with Crippen molar-refractivity contribution in [3.63, 3.8) is 0 Å². The third-order valence-electron chi connectivity index (χ3n) is 2.98. The topological polar surface area (TPSA) is 32.3 Å². The summed E-state index contributed by atoms with van der Waals surface area (Å²) in [6.45, 7) is 0. The van der Waals surface area contributed by atoms with Crippen LogP contribution in [0.2, 0.25) is 0 Å². The van der Waals surface area contributed by atoms with E-state index in [1.165, 1.54) is 5.57 Å². The molecule has 1 spiro atoms. The van der Waals surface area contributed by atoms with Gasteiger partial charge in [-0.1, -0.05) is 12.2 Å². The molecule has 68 valence electrons. The van der Waals surface area contributed by atoms with E-state index in [0.29, 0.717) is 0 Å². The smallest absolute Gasteiger partial charge is 0.210 e. The fourth-order valence-corrected chi connectivity index (χ4v) is 4.09. The van der Waals surface area contributed by atoms with Crippen molar-refractivity contribution in [2.24, 2.45) is 0 Å². The molecule has 0 saturated carbocycles. The molecule has 3 rings (SSSR count). The van der Waals surface area contributed by atoms with Crippen LogP contribution in [-0.4, -0.2) is 15.1 Å². The van der Waals surface area contributed by atoms with E-state index in [2.05, 4.69) is 6.08 Å². The second-order valence-electron chi connectivity index (χ2n) is 3.55. The quantitative estimate of drug-likeness (QED) is 0.549. The highest BCUT2D eigenvalue weighted by molar-refractivity contribution is 7.93. The Bertz CT molecular complexity index is 343. The standard InChI is InChI=1S/C10H10O2S/c11-13-6-4-8-7-12-9-3-1-2-5-10(8,9)13/h1-3,7H,4-6H2. The molecule has 1 saturated heterocycles. The van der Waals surface area contributed by atoms with Gasteiger partial charge in [-0.05, 0) is 17.3 Å². The van der Waals surface area contributed by atoms with Crippen LogP contribution in [0.3, 0.4) is 0 Å². The number of ether oxygens (including phenoxy) is 1. The second-order valence-corrected chi connectivity index (χ2v) is 5.35. The Labute approximate surface area is 80.1 Å². The lowest BCUT2D eigenvalue weighted by Crippen LogP contribution is -2.36. The van der Waals surface area contributed by atoms with Crippen LogP contribution < -0.4 is 0 Å². The highest BCUT2D eigenvalue weighted by Gasteiger charge is 2.57. The zero-order chi connectivity index (χ0) is 8.89. The van der Waals surface area contributed by atoms with Crippen molar-refractivity contribution in [3.8, 4) is 0 Å². The molecular formula is C10H10O2S. The summed E-state index contributed by atoms with van der Waals surface area (Å²) in [5.41, 5.74) is 1.22. The maximum atomic E-state index is 11.9. The van der Waals surface area contributed by atoms with Crippen molar-refractivity contribution in [2.75, 3.05) is 5.75 Å². The fourth-order valence-electron chi connectivity index (χ4n) is 2.27. The van der Waals surface area contributed by atoms with E-state index in [0.717, 1.165) is 24.4 Å². The minimum atomic E-state index is -0.778. The molecule has 2 heterocycles. The average molecular weight is 194 g/mol. The average Bonchev–Trinajstić information content (AvgIpc) is 2.65. The van der Waals surface area contributed by atoms with Gasteiger partial charge in [0, 0.05) is 18.4 Å². The van der Waals surface area contributed by atoms with Crippen LogP contribution >= 0.6 is 0 Å². The van der Waals surface area contributed by atoms with Crippen LogP contribution in [0.1, 0.15) is 12.8 Å². The Morgan fingerprint density at radius 2 is 2.46 bits per heavy atom. The van der Waals surface area contributed by atoms with Gasteiger partial charge < -0.3 is 9.29 Å². The van der Waals surface area contributed by atoms with E-state index in [9.17, 15) is 4.55 Å². The lowest BCUT2D eigenvalue weighted by atomic mass is 9.90. The molecule has 13 heavy (non-hydrogen) atoms. The van der Waals surface area contributed by atoms with Crippen molar-refractivity contribution < 1.29 is 9.29 Å². The van der Waals surface area contributed by atoms with Gasteiger partial charge in [-0.2, -0.15) is 0 Å². The molecule has 0 radical (unpaired) electrons. The summed E-state index contributed by atoms with van der Waals surface area (Å²) in [5, 5.41) is 0. The van der Waals surface area contributed by atoms with Gasteiger partial charge in [0.15, 0.2) is 5.76 Å². The Morgan fingerprint density at radius 1 is 1.54 bits per heavy atom. The van der Waals surface area contributed by atoms with Gasteiger partial charge in [0.2, 0.25) is 4.75 Å². The molecule has 1 fully saturated rings. The summed E-state index contributed by atoms with van der Waals surface area (Å²) in [5.74, 6) is 1.68. The van der Waals surface area contributed by atoms with E-state index in [1.54, 1.807) is 6.26 Å². The van der Waals surface area contributed by atoms with Gasteiger partial charge >= 0.3 is 0 Å². The molecule has 2 atom stereocenters. The Kier molecular flexibility index (Phi) is 1.44. The first-order valence-corrected chi connectivity index (χ1v) is 5.78. The first-order chi connectivity index (χ1) is 6.34. The van der Waals surface area contributed by atoms with Gasteiger partial charge in [-0.3, -0.25) is 0 Å². The molecule has 0 aromatic rings. The summed E-state index contributed by atoms with van der Waals surface area (Å²) >= 11 is -0.778. The third-order valence-corrected chi connectivity index (χ3v) is 4.96. The maximum absolute atomic E-state index is 11.9. The van der Waals surface area contributed by atoms with Gasteiger partial charge in [-0.15, -0.1) is 0 Å². The first kappa shape index (κ1) is 7.71. The molecular weight excluding hydrogens is 184 g/mol. The number of allylic oxidation sites excluding steroid dienone is 3. The van der Waals surface area contributed by atoms with Crippen LogP contribution in [0.25, 0.3) is 0 Å². The van der Waals surface area contributed by atoms with Gasteiger partial charge in [0.25, 0.3) is 0 Å². The lowest BCUT2D eigenvalue weighted by Gasteiger charge is -2.28. The monoisotopic (exact) mass is 194 g/mol. The minimum Gasteiger partial charge on any atom is -0.615 e. The lowest BCUT2D eigenvalue weighted by molar-refractivity contribution is 0.345. The van der Waals surface area contributed by atoms with E-state index in [-0.39, 0.29) is 4.75 Å². The molecule has 3 aliphatic rings. The third kappa shape index (κ3) is 0.790. The Balaban J connectivity index is 2.15. The molecule has 0 aromatic heterocycles. The zero-order valence-electron chi connectivity index (χ0n) is 7.16. The molecule has 0 aromatic carbocycles. The summed E-state index contributed by atoms with van der Waals surface area (Å²) in [7, 11) is 0. The predicted molar refractivity (Wildman–Crippen MR) is 51.4 cm³/mol. The summed E-state index contributed by atoms with van der Waals surface area (Å²) in [4.78, 5) is 0. The Hall–Kier alpha value is -0.670. The van der Waals surface area contributed by atoms with Crippen LogP contribution in [-0.2, 0) is 15.9 Å². The van der Waals surface area contributed by atoms with Crippen molar-refractivity contribution in [1.82, 2.24) is 0 Å². The van der Waals surface area contributed by atoms with Crippen molar-refractivity contribution in [1.29, 1.82) is 0 Å². The summed E-state index contributed by atoms with van der Waals surface area (Å²) in [6.07, 6.45) is 9.57. The van der Waals surface area contributed by atoms with E-state index in [4.69, 9.17) is 4.74 Å². The van der Waals surface area contributed by atoms with Gasteiger partial charge in [0.05, 0.1) is 6.26 Å². The highest BCUT2D eigenvalue weighted by atomic mass is 32.2. The second kappa shape index (κ2) is 2.42. The van der Waals surface area contributed by atoms with Crippen LogP contribution in [0.4, 0.5) is 0 Å². The van der Waals surface area contributed by atoms with Crippen molar-refractivity contribution in [3.05, 3.63) is 35.8 Å². The Morgan fingerprint density at radius 3 is 3.38 bits per heavy atom. The molecule has 2 unspecified atom stereocenters. The predicted octanol–water partition coefficient (Wildman–Crippen LogP) is 1.64. The van der Waals surface area contributed by atoms with Crippen LogP contribution in [0, 0.1) is 0 Å². The molecule has 2 nitrogen and oxygen atoms in total. The molecule has 0 N–H and O–H groups in total. The number of hydrogen-bond acceptors (Lipinski definition) is 2. The number of rotatable bonds is 0. The zero-order valence-corrected chi connectivity index (χ0v) is 7.97.